The summed E-state index contributed by atoms with van der Waals surface area (Å²) in [6.45, 7) is 4.22. The molecule has 126 valence electrons. The Morgan fingerprint density at radius 2 is 1.96 bits per heavy atom. The molecular formula is C19H17N3O3. The van der Waals surface area contributed by atoms with Crippen molar-refractivity contribution >= 4 is 11.6 Å². The van der Waals surface area contributed by atoms with E-state index in [1.807, 2.05) is 56.3 Å². The summed E-state index contributed by atoms with van der Waals surface area (Å²) >= 11 is 0. The average Bonchev–Trinajstić information content (AvgIpc) is 3.06. The third-order valence-corrected chi connectivity index (χ3v) is 4.10. The monoisotopic (exact) mass is 335 g/mol. The van der Waals surface area contributed by atoms with Gasteiger partial charge in [0.25, 0.3) is 5.91 Å². The molecule has 0 atom stereocenters. The van der Waals surface area contributed by atoms with E-state index in [0.717, 1.165) is 22.4 Å². The van der Waals surface area contributed by atoms with E-state index in [4.69, 9.17) is 9.26 Å². The van der Waals surface area contributed by atoms with Crippen LogP contribution in [-0.4, -0.2) is 22.7 Å². The molecule has 25 heavy (non-hydrogen) atoms. The number of rotatable bonds is 3. The zero-order valence-corrected chi connectivity index (χ0v) is 14.0. The summed E-state index contributed by atoms with van der Waals surface area (Å²) in [7, 11) is 0. The van der Waals surface area contributed by atoms with Crippen LogP contribution < -0.4 is 9.64 Å². The number of nitrogens with zero attached hydrogens (tertiary/aromatic N) is 3. The van der Waals surface area contributed by atoms with Gasteiger partial charge >= 0.3 is 0 Å². The maximum absolute atomic E-state index is 12.3. The third kappa shape index (κ3) is 2.98. The Morgan fingerprint density at radius 3 is 2.80 bits per heavy atom. The Balaban J connectivity index is 1.62. The number of fused-ring (bicyclic) bond motifs is 1. The highest BCUT2D eigenvalue weighted by Gasteiger charge is 2.27. The van der Waals surface area contributed by atoms with Gasteiger partial charge in [-0.1, -0.05) is 35.0 Å². The topological polar surface area (TPSA) is 68.5 Å². The van der Waals surface area contributed by atoms with Crippen LogP contribution in [0.2, 0.25) is 0 Å². The smallest absolute Gasteiger partial charge is 0.265 e. The van der Waals surface area contributed by atoms with Crippen LogP contribution >= 0.6 is 0 Å². The van der Waals surface area contributed by atoms with E-state index in [0.29, 0.717) is 17.5 Å². The van der Waals surface area contributed by atoms with E-state index in [9.17, 15) is 4.79 Å². The Morgan fingerprint density at radius 1 is 1.12 bits per heavy atom. The molecule has 6 heteroatoms. The normalized spacial score (nSPS) is 13.5. The molecule has 6 nitrogen and oxygen atoms in total. The summed E-state index contributed by atoms with van der Waals surface area (Å²) < 4.78 is 10.9. The zero-order chi connectivity index (χ0) is 17.4. The van der Waals surface area contributed by atoms with Crippen molar-refractivity contribution in [1.82, 2.24) is 10.1 Å². The van der Waals surface area contributed by atoms with Crippen LogP contribution in [0.4, 0.5) is 5.69 Å². The summed E-state index contributed by atoms with van der Waals surface area (Å²) in [5, 5.41) is 4.03. The lowest BCUT2D eigenvalue weighted by Crippen LogP contribution is -2.38. The molecule has 3 aromatic rings. The summed E-state index contributed by atoms with van der Waals surface area (Å²) in [4.78, 5) is 18.3. The van der Waals surface area contributed by atoms with Crippen LogP contribution in [0.1, 0.15) is 17.0 Å². The number of ether oxygens (including phenoxy) is 1. The van der Waals surface area contributed by atoms with Crippen molar-refractivity contribution in [1.29, 1.82) is 0 Å². The summed E-state index contributed by atoms with van der Waals surface area (Å²) in [5.74, 6) is 1.46. The van der Waals surface area contributed by atoms with Crippen molar-refractivity contribution in [3.63, 3.8) is 0 Å². The molecule has 2 aromatic carbocycles. The van der Waals surface area contributed by atoms with Gasteiger partial charge in [-0.15, -0.1) is 0 Å². The number of carbonyl (C=O) groups excluding carboxylic acids is 1. The second kappa shape index (κ2) is 6.05. The Hall–Kier alpha value is -3.15. The lowest BCUT2D eigenvalue weighted by Gasteiger charge is -2.28. The van der Waals surface area contributed by atoms with Gasteiger partial charge in [-0.3, -0.25) is 9.69 Å². The van der Waals surface area contributed by atoms with Crippen molar-refractivity contribution < 1.29 is 14.1 Å². The summed E-state index contributed by atoms with van der Waals surface area (Å²) in [5.41, 5.74) is 3.81. The van der Waals surface area contributed by atoms with Gasteiger partial charge in [-0.25, -0.2) is 0 Å². The molecule has 0 spiro atoms. The molecule has 1 amide bonds. The predicted molar refractivity (Wildman–Crippen MR) is 92.3 cm³/mol. The van der Waals surface area contributed by atoms with Crippen molar-refractivity contribution in [3.8, 4) is 17.1 Å². The minimum absolute atomic E-state index is 0.00925. The highest BCUT2D eigenvalue weighted by Crippen LogP contribution is 2.33. The number of benzene rings is 2. The number of carbonyl (C=O) groups is 1. The largest absolute Gasteiger partial charge is 0.482 e. The molecule has 0 fully saturated rings. The van der Waals surface area contributed by atoms with Crippen LogP contribution in [0.15, 0.2) is 47.0 Å². The van der Waals surface area contributed by atoms with E-state index in [1.54, 1.807) is 4.90 Å². The number of anilines is 1. The molecule has 0 unspecified atom stereocenters. The second-order valence-electron chi connectivity index (χ2n) is 6.12. The minimum atomic E-state index is -0.133. The first kappa shape index (κ1) is 15.4. The lowest BCUT2D eigenvalue weighted by molar-refractivity contribution is -0.121. The van der Waals surface area contributed by atoms with Gasteiger partial charge in [0.05, 0.1) is 5.69 Å². The summed E-state index contributed by atoms with van der Waals surface area (Å²) in [6, 6.07) is 13.6. The number of hydrogen-bond donors (Lipinski definition) is 0. The van der Waals surface area contributed by atoms with Gasteiger partial charge in [0, 0.05) is 5.56 Å². The van der Waals surface area contributed by atoms with E-state index in [1.165, 1.54) is 0 Å². The Labute approximate surface area is 145 Å². The van der Waals surface area contributed by atoms with Crippen LogP contribution in [-0.2, 0) is 11.3 Å². The van der Waals surface area contributed by atoms with Gasteiger partial charge in [0.2, 0.25) is 11.7 Å². The van der Waals surface area contributed by atoms with E-state index in [-0.39, 0.29) is 19.1 Å². The number of aryl methyl sites for hydroxylation is 2. The molecule has 1 aromatic heterocycles. The molecule has 0 aliphatic carbocycles. The fourth-order valence-electron chi connectivity index (χ4n) is 2.84. The molecule has 2 heterocycles. The van der Waals surface area contributed by atoms with E-state index in [2.05, 4.69) is 10.1 Å². The second-order valence-corrected chi connectivity index (χ2v) is 6.12. The van der Waals surface area contributed by atoms with Crippen molar-refractivity contribution in [2.45, 2.75) is 20.4 Å². The lowest BCUT2D eigenvalue weighted by atomic mass is 10.1. The number of aromatic nitrogens is 2. The van der Waals surface area contributed by atoms with Crippen LogP contribution in [0.25, 0.3) is 11.4 Å². The predicted octanol–water partition coefficient (Wildman–Crippen LogP) is 3.28. The quantitative estimate of drug-likeness (QED) is 0.735. The van der Waals surface area contributed by atoms with Crippen molar-refractivity contribution in [2.75, 3.05) is 11.5 Å². The highest BCUT2D eigenvalue weighted by atomic mass is 16.5. The molecule has 0 bridgehead atoms. The van der Waals surface area contributed by atoms with Gasteiger partial charge in [-0.05, 0) is 37.6 Å². The molecule has 0 saturated heterocycles. The molecule has 1 aliphatic rings. The number of hydrogen-bond acceptors (Lipinski definition) is 5. The molecule has 0 radical (unpaired) electrons. The van der Waals surface area contributed by atoms with Crippen molar-refractivity contribution in [2.24, 2.45) is 0 Å². The third-order valence-electron chi connectivity index (χ3n) is 4.10. The number of amides is 1. The first-order valence-corrected chi connectivity index (χ1v) is 8.03. The average molecular weight is 335 g/mol. The SMILES string of the molecule is Cc1cccc(-c2noc(CN3C(=O)COc4cc(C)ccc43)n2)c1. The summed E-state index contributed by atoms with van der Waals surface area (Å²) in [6.07, 6.45) is 0. The van der Waals surface area contributed by atoms with Gasteiger partial charge < -0.3 is 9.26 Å². The fraction of sp³-hybridized carbons (Fsp3) is 0.211. The van der Waals surface area contributed by atoms with Crippen molar-refractivity contribution in [3.05, 3.63) is 59.5 Å². The van der Waals surface area contributed by atoms with Crippen LogP contribution in [0.5, 0.6) is 5.75 Å². The van der Waals surface area contributed by atoms with Gasteiger partial charge in [-0.2, -0.15) is 4.98 Å². The molecular weight excluding hydrogens is 318 g/mol. The van der Waals surface area contributed by atoms with Gasteiger partial charge in [0.1, 0.15) is 12.3 Å². The Kier molecular flexibility index (Phi) is 3.72. The zero-order valence-electron chi connectivity index (χ0n) is 14.0. The van der Waals surface area contributed by atoms with Crippen LogP contribution in [0, 0.1) is 13.8 Å². The van der Waals surface area contributed by atoms with Crippen LogP contribution in [0.3, 0.4) is 0 Å². The standard InChI is InChI=1S/C19H17N3O3/c1-12-4-3-5-14(8-12)19-20-17(25-21-19)10-22-15-7-6-13(2)9-16(15)24-11-18(22)23/h3-9H,10-11H2,1-2H3. The molecule has 0 saturated carbocycles. The first-order chi connectivity index (χ1) is 12.1. The molecule has 4 rings (SSSR count). The van der Waals surface area contributed by atoms with Gasteiger partial charge in [0.15, 0.2) is 6.61 Å². The minimum Gasteiger partial charge on any atom is -0.482 e. The highest BCUT2D eigenvalue weighted by molar-refractivity contribution is 5.97. The molecule has 1 aliphatic heterocycles. The fourth-order valence-corrected chi connectivity index (χ4v) is 2.84. The Bertz CT molecular complexity index is 949. The molecule has 0 N–H and O–H groups in total. The maximum atomic E-state index is 12.3. The van der Waals surface area contributed by atoms with E-state index >= 15 is 0 Å². The maximum Gasteiger partial charge on any atom is 0.265 e. The van der Waals surface area contributed by atoms with E-state index < -0.39 is 0 Å². The first-order valence-electron chi connectivity index (χ1n) is 8.03.